The smallest absolute Gasteiger partial charge is 0.265 e. The van der Waals surface area contributed by atoms with Gasteiger partial charge in [-0.05, 0) is 36.2 Å². The molecule has 3 rings (SSSR count). The zero-order valence-electron chi connectivity index (χ0n) is 14.0. The first-order valence-electron chi connectivity index (χ1n) is 8.23. The molecule has 2 aromatic rings. The Hall–Kier alpha value is -3.22. The SMILES string of the molecule is O=C(CO/N=C/c1ccc(F)cc1)Nc1ccccc1N1CCCC1=O. The molecule has 7 heteroatoms. The van der Waals surface area contributed by atoms with Gasteiger partial charge in [0.1, 0.15) is 5.82 Å². The maximum atomic E-state index is 12.8. The summed E-state index contributed by atoms with van der Waals surface area (Å²) in [6, 6.07) is 12.9. The van der Waals surface area contributed by atoms with Crippen molar-refractivity contribution in [1.29, 1.82) is 0 Å². The monoisotopic (exact) mass is 355 g/mol. The summed E-state index contributed by atoms with van der Waals surface area (Å²) in [7, 11) is 0. The molecule has 1 heterocycles. The van der Waals surface area contributed by atoms with Crippen molar-refractivity contribution in [3.8, 4) is 0 Å². The predicted octanol–water partition coefficient (Wildman–Crippen LogP) is 2.94. The Balaban J connectivity index is 1.55. The highest BCUT2D eigenvalue weighted by Gasteiger charge is 2.24. The number of anilines is 2. The van der Waals surface area contributed by atoms with Crippen LogP contribution in [0.15, 0.2) is 53.7 Å². The van der Waals surface area contributed by atoms with Crippen molar-refractivity contribution in [3.05, 3.63) is 59.9 Å². The normalized spacial score (nSPS) is 14.0. The van der Waals surface area contributed by atoms with Crippen molar-refractivity contribution in [1.82, 2.24) is 0 Å². The Morgan fingerprint density at radius 3 is 2.73 bits per heavy atom. The van der Waals surface area contributed by atoms with Gasteiger partial charge in [-0.3, -0.25) is 9.59 Å². The van der Waals surface area contributed by atoms with Gasteiger partial charge in [0, 0.05) is 13.0 Å². The highest BCUT2D eigenvalue weighted by Crippen LogP contribution is 2.29. The van der Waals surface area contributed by atoms with Crippen LogP contribution in [0.25, 0.3) is 0 Å². The lowest BCUT2D eigenvalue weighted by molar-refractivity contribution is -0.120. The minimum atomic E-state index is -0.389. The molecule has 1 fully saturated rings. The summed E-state index contributed by atoms with van der Waals surface area (Å²) in [5, 5.41) is 6.42. The van der Waals surface area contributed by atoms with Crippen molar-refractivity contribution in [3.63, 3.8) is 0 Å². The molecule has 0 bridgehead atoms. The molecule has 1 N–H and O–H groups in total. The molecule has 2 amide bonds. The maximum absolute atomic E-state index is 12.8. The first kappa shape index (κ1) is 17.6. The third-order valence-electron chi connectivity index (χ3n) is 3.88. The second-order valence-corrected chi connectivity index (χ2v) is 5.77. The van der Waals surface area contributed by atoms with E-state index >= 15 is 0 Å². The van der Waals surface area contributed by atoms with E-state index in [9.17, 15) is 14.0 Å². The second-order valence-electron chi connectivity index (χ2n) is 5.77. The van der Waals surface area contributed by atoms with Gasteiger partial charge in [0.2, 0.25) is 5.91 Å². The summed E-state index contributed by atoms with van der Waals surface area (Å²) in [5.74, 6) is -0.676. The van der Waals surface area contributed by atoms with Crippen molar-refractivity contribution < 1.29 is 18.8 Å². The van der Waals surface area contributed by atoms with Gasteiger partial charge in [-0.1, -0.05) is 29.4 Å². The van der Waals surface area contributed by atoms with Crippen LogP contribution in [0.5, 0.6) is 0 Å². The summed E-state index contributed by atoms with van der Waals surface area (Å²) >= 11 is 0. The molecular formula is C19H18FN3O3. The fourth-order valence-electron chi connectivity index (χ4n) is 2.65. The Morgan fingerprint density at radius 1 is 1.23 bits per heavy atom. The minimum absolute atomic E-state index is 0.0480. The topological polar surface area (TPSA) is 71.0 Å². The van der Waals surface area contributed by atoms with Crippen molar-refractivity contribution >= 4 is 29.4 Å². The third-order valence-corrected chi connectivity index (χ3v) is 3.88. The highest BCUT2D eigenvalue weighted by atomic mass is 19.1. The molecule has 1 aliphatic heterocycles. The molecule has 2 aromatic carbocycles. The number of hydrogen-bond acceptors (Lipinski definition) is 4. The molecule has 134 valence electrons. The Morgan fingerprint density at radius 2 is 2.00 bits per heavy atom. The molecule has 0 aromatic heterocycles. The van der Waals surface area contributed by atoms with Crippen LogP contribution in [0.1, 0.15) is 18.4 Å². The molecule has 1 saturated heterocycles. The van der Waals surface area contributed by atoms with Crippen LogP contribution < -0.4 is 10.2 Å². The van der Waals surface area contributed by atoms with Crippen LogP contribution in [0, 0.1) is 5.82 Å². The van der Waals surface area contributed by atoms with Crippen molar-refractivity contribution in [2.45, 2.75) is 12.8 Å². The number of amides is 2. The number of hydrogen-bond donors (Lipinski definition) is 1. The number of carbonyl (C=O) groups excluding carboxylic acids is 2. The second kappa shape index (κ2) is 8.24. The van der Waals surface area contributed by atoms with E-state index in [1.807, 2.05) is 6.07 Å². The number of benzene rings is 2. The van der Waals surface area contributed by atoms with E-state index in [0.29, 0.717) is 29.9 Å². The largest absolute Gasteiger partial charge is 0.386 e. The standard InChI is InChI=1S/C19H18FN3O3/c20-15-9-7-14(8-10-15)12-21-26-13-18(24)22-16-4-1-2-5-17(16)23-11-3-6-19(23)25/h1-2,4-5,7-10,12H,3,6,11,13H2,(H,22,24)/b21-12+. The quantitative estimate of drug-likeness (QED) is 0.640. The van der Waals surface area contributed by atoms with Gasteiger partial charge in [-0.2, -0.15) is 0 Å². The molecule has 0 aliphatic carbocycles. The van der Waals surface area contributed by atoms with Gasteiger partial charge < -0.3 is 15.1 Å². The molecule has 0 unspecified atom stereocenters. The Bertz CT molecular complexity index is 821. The van der Waals surface area contributed by atoms with Crippen LogP contribution in [0.4, 0.5) is 15.8 Å². The van der Waals surface area contributed by atoms with Crippen LogP contribution in [0.3, 0.4) is 0 Å². The Labute approximate surface area is 150 Å². The summed E-state index contributed by atoms with van der Waals surface area (Å²) in [6.07, 6.45) is 2.72. The number of halogens is 1. The van der Waals surface area contributed by atoms with Crippen LogP contribution in [0.2, 0.25) is 0 Å². The van der Waals surface area contributed by atoms with Crippen LogP contribution in [-0.2, 0) is 14.4 Å². The number of para-hydroxylation sites is 2. The zero-order chi connectivity index (χ0) is 18.4. The summed E-state index contributed by atoms with van der Waals surface area (Å²) < 4.78 is 12.8. The average molecular weight is 355 g/mol. The molecule has 0 radical (unpaired) electrons. The molecule has 0 atom stereocenters. The molecule has 1 aliphatic rings. The van der Waals surface area contributed by atoms with Gasteiger partial charge in [-0.15, -0.1) is 0 Å². The van der Waals surface area contributed by atoms with Crippen molar-refractivity contribution in [2.75, 3.05) is 23.4 Å². The van der Waals surface area contributed by atoms with E-state index in [4.69, 9.17) is 4.84 Å². The molecular weight excluding hydrogens is 337 g/mol. The van der Waals surface area contributed by atoms with E-state index in [0.717, 1.165) is 6.42 Å². The highest BCUT2D eigenvalue weighted by molar-refractivity contribution is 6.02. The summed E-state index contributed by atoms with van der Waals surface area (Å²) in [4.78, 5) is 30.6. The van der Waals surface area contributed by atoms with Crippen LogP contribution in [-0.4, -0.2) is 31.2 Å². The maximum Gasteiger partial charge on any atom is 0.265 e. The van der Waals surface area contributed by atoms with Gasteiger partial charge in [-0.25, -0.2) is 4.39 Å². The number of nitrogens with zero attached hydrogens (tertiary/aromatic N) is 2. The molecule has 6 nitrogen and oxygen atoms in total. The lowest BCUT2D eigenvalue weighted by Gasteiger charge is -2.19. The minimum Gasteiger partial charge on any atom is -0.386 e. The zero-order valence-corrected chi connectivity index (χ0v) is 14.0. The fourth-order valence-corrected chi connectivity index (χ4v) is 2.65. The summed E-state index contributed by atoms with van der Waals surface area (Å²) in [5.41, 5.74) is 1.89. The van der Waals surface area contributed by atoms with E-state index in [1.165, 1.54) is 18.3 Å². The van der Waals surface area contributed by atoms with E-state index in [1.54, 1.807) is 35.2 Å². The number of nitrogens with one attached hydrogen (secondary N) is 1. The predicted molar refractivity (Wildman–Crippen MR) is 96.6 cm³/mol. The lowest BCUT2D eigenvalue weighted by atomic mass is 10.2. The van der Waals surface area contributed by atoms with E-state index in [-0.39, 0.29) is 24.2 Å². The van der Waals surface area contributed by atoms with Gasteiger partial charge in [0.25, 0.3) is 5.91 Å². The molecule has 0 spiro atoms. The van der Waals surface area contributed by atoms with E-state index in [2.05, 4.69) is 10.5 Å². The van der Waals surface area contributed by atoms with Gasteiger partial charge in [0.15, 0.2) is 6.61 Å². The molecule has 26 heavy (non-hydrogen) atoms. The number of oxime groups is 1. The van der Waals surface area contributed by atoms with Crippen LogP contribution >= 0.6 is 0 Å². The fraction of sp³-hybridized carbons (Fsp3) is 0.211. The van der Waals surface area contributed by atoms with E-state index < -0.39 is 0 Å². The third kappa shape index (κ3) is 4.44. The number of carbonyl (C=O) groups is 2. The van der Waals surface area contributed by atoms with Gasteiger partial charge >= 0.3 is 0 Å². The first-order valence-corrected chi connectivity index (χ1v) is 8.23. The first-order chi connectivity index (χ1) is 12.6. The van der Waals surface area contributed by atoms with Crippen molar-refractivity contribution in [2.24, 2.45) is 5.16 Å². The lowest BCUT2D eigenvalue weighted by Crippen LogP contribution is -2.26. The summed E-state index contributed by atoms with van der Waals surface area (Å²) in [6.45, 7) is 0.365. The number of rotatable bonds is 6. The van der Waals surface area contributed by atoms with Gasteiger partial charge in [0.05, 0.1) is 17.6 Å². The molecule has 0 saturated carbocycles. The average Bonchev–Trinajstić information content (AvgIpc) is 3.06. The Kier molecular flexibility index (Phi) is 5.58.